The van der Waals surface area contributed by atoms with Crippen LogP contribution in [0.2, 0.25) is 0 Å². The predicted molar refractivity (Wildman–Crippen MR) is 95.3 cm³/mol. The largest absolute Gasteiger partial charge is 0.467 e. The lowest BCUT2D eigenvalue weighted by Crippen LogP contribution is -2.32. The number of urea groups is 1. The number of rotatable bonds is 7. The highest BCUT2D eigenvalue weighted by Crippen LogP contribution is 2.20. The van der Waals surface area contributed by atoms with Crippen molar-refractivity contribution in [3.63, 3.8) is 0 Å². The fourth-order valence-electron chi connectivity index (χ4n) is 2.53. The number of hydrogen-bond acceptors (Lipinski definition) is 4. The standard InChI is InChI=1S/C18H25N3O3/c1-4-21(13(2)3)15-9-7-14(8-10-15)20-18(23)19-12-16(22)17-6-5-11-24-17/h5-11,13,16,22H,4,12H2,1-3H3,(H2,19,20,23). The van der Waals surface area contributed by atoms with Crippen LogP contribution in [0.1, 0.15) is 32.6 Å². The highest BCUT2D eigenvalue weighted by atomic mass is 16.4. The quantitative estimate of drug-likeness (QED) is 0.727. The van der Waals surface area contributed by atoms with Crippen LogP contribution >= 0.6 is 0 Å². The highest BCUT2D eigenvalue weighted by Gasteiger charge is 2.12. The van der Waals surface area contributed by atoms with Crippen LogP contribution < -0.4 is 15.5 Å². The molecule has 0 aliphatic rings. The third-order valence-electron chi connectivity index (χ3n) is 3.75. The van der Waals surface area contributed by atoms with Gasteiger partial charge in [0.05, 0.1) is 12.8 Å². The van der Waals surface area contributed by atoms with Crippen LogP contribution in [0.3, 0.4) is 0 Å². The number of benzene rings is 1. The number of aliphatic hydroxyl groups is 1. The summed E-state index contributed by atoms with van der Waals surface area (Å²) in [6, 6.07) is 11.1. The zero-order valence-electron chi connectivity index (χ0n) is 14.3. The van der Waals surface area contributed by atoms with Gasteiger partial charge >= 0.3 is 6.03 Å². The van der Waals surface area contributed by atoms with E-state index in [9.17, 15) is 9.90 Å². The summed E-state index contributed by atoms with van der Waals surface area (Å²) in [5.41, 5.74) is 1.82. The van der Waals surface area contributed by atoms with Gasteiger partial charge in [-0.15, -0.1) is 0 Å². The number of aliphatic hydroxyl groups excluding tert-OH is 1. The molecule has 1 aromatic heterocycles. The van der Waals surface area contributed by atoms with Gasteiger partial charge in [0.15, 0.2) is 0 Å². The second-order valence-corrected chi connectivity index (χ2v) is 5.79. The maximum absolute atomic E-state index is 11.9. The molecule has 0 saturated carbocycles. The van der Waals surface area contributed by atoms with Crippen LogP contribution in [-0.2, 0) is 0 Å². The van der Waals surface area contributed by atoms with Gasteiger partial charge in [0, 0.05) is 24.0 Å². The third-order valence-corrected chi connectivity index (χ3v) is 3.75. The Bertz CT molecular complexity index is 623. The molecule has 2 amide bonds. The Hall–Kier alpha value is -2.47. The van der Waals surface area contributed by atoms with Crippen molar-refractivity contribution in [1.82, 2.24) is 5.32 Å². The molecular weight excluding hydrogens is 306 g/mol. The first-order valence-corrected chi connectivity index (χ1v) is 8.14. The molecule has 0 fully saturated rings. The Labute approximate surface area is 142 Å². The van der Waals surface area contributed by atoms with Gasteiger partial charge in [-0.1, -0.05) is 0 Å². The molecule has 0 saturated heterocycles. The molecule has 0 spiro atoms. The molecule has 2 aromatic rings. The van der Waals surface area contributed by atoms with Crippen LogP contribution in [0, 0.1) is 0 Å². The van der Waals surface area contributed by atoms with E-state index >= 15 is 0 Å². The maximum atomic E-state index is 11.9. The van der Waals surface area contributed by atoms with Gasteiger partial charge in [-0.25, -0.2) is 4.79 Å². The summed E-state index contributed by atoms with van der Waals surface area (Å²) in [6.07, 6.45) is 0.619. The molecule has 130 valence electrons. The van der Waals surface area contributed by atoms with Gasteiger partial charge in [0.25, 0.3) is 0 Å². The van der Waals surface area contributed by atoms with E-state index < -0.39 is 6.10 Å². The summed E-state index contributed by atoms with van der Waals surface area (Å²) in [5.74, 6) is 0.424. The molecule has 1 aromatic carbocycles. The molecule has 24 heavy (non-hydrogen) atoms. The first kappa shape index (κ1) is 17.9. The van der Waals surface area contributed by atoms with Crippen LogP contribution in [0.5, 0.6) is 0 Å². The van der Waals surface area contributed by atoms with Crippen molar-refractivity contribution in [1.29, 1.82) is 0 Å². The molecule has 6 heteroatoms. The average Bonchev–Trinajstić information content (AvgIpc) is 3.09. The van der Waals surface area contributed by atoms with E-state index in [2.05, 4.69) is 36.3 Å². The number of carbonyl (C=O) groups is 1. The lowest BCUT2D eigenvalue weighted by atomic mass is 10.2. The molecule has 6 nitrogen and oxygen atoms in total. The lowest BCUT2D eigenvalue weighted by molar-refractivity contribution is 0.149. The van der Waals surface area contributed by atoms with E-state index in [0.29, 0.717) is 17.5 Å². The molecule has 0 aliphatic carbocycles. The molecular formula is C18H25N3O3. The minimum Gasteiger partial charge on any atom is -0.467 e. The van der Waals surface area contributed by atoms with Crippen molar-refractivity contribution in [3.8, 4) is 0 Å². The first-order valence-electron chi connectivity index (χ1n) is 8.14. The number of nitrogens with one attached hydrogen (secondary N) is 2. The van der Waals surface area contributed by atoms with Gasteiger partial charge in [0.1, 0.15) is 11.9 Å². The number of anilines is 2. The van der Waals surface area contributed by atoms with E-state index in [1.807, 2.05) is 24.3 Å². The minimum atomic E-state index is -0.864. The fourth-order valence-corrected chi connectivity index (χ4v) is 2.53. The minimum absolute atomic E-state index is 0.0778. The molecule has 0 aliphatic heterocycles. The summed E-state index contributed by atoms with van der Waals surface area (Å²) in [5, 5.41) is 15.2. The summed E-state index contributed by atoms with van der Waals surface area (Å²) in [4.78, 5) is 14.2. The van der Waals surface area contributed by atoms with Gasteiger partial charge in [-0.05, 0) is 57.2 Å². The maximum Gasteiger partial charge on any atom is 0.319 e. The highest BCUT2D eigenvalue weighted by molar-refractivity contribution is 5.89. The van der Waals surface area contributed by atoms with E-state index in [-0.39, 0.29) is 12.6 Å². The summed E-state index contributed by atoms with van der Waals surface area (Å²) < 4.78 is 5.08. The second-order valence-electron chi connectivity index (χ2n) is 5.79. The van der Waals surface area contributed by atoms with Crippen LogP contribution in [0.4, 0.5) is 16.2 Å². The van der Waals surface area contributed by atoms with Crippen LogP contribution in [-0.4, -0.2) is 30.3 Å². The zero-order chi connectivity index (χ0) is 17.5. The number of hydrogen-bond donors (Lipinski definition) is 3. The Morgan fingerprint density at radius 3 is 2.50 bits per heavy atom. The normalized spacial score (nSPS) is 12.0. The van der Waals surface area contributed by atoms with E-state index in [1.54, 1.807) is 12.1 Å². The predicted octanol–water partition coefficient (Wildman–Crippen LogP) is 3.37. The molecule has 3 N–H and O–H groups in total. The topological polar surface area (TPSA) is 77.7 Å². The van der Waals surface area contributed by atoms with E-state index in [4.69, 9.17) is 4.42 Å². The van der Waals surface area contributed by atoms with Crippen LogP contribution in [0.25, 0.3) is 0 Å². The van der Waals surface area contributed by atoms with Crippen molar-refractivity contribution >= 4 is 17.4 Å². The number of carbonyl (C=O) groups excluding carboxylic acids is 1. The number of nitrogens with zero attached hydrogens (tertiary/aromatic N) is 1. The number of amides is 2. The Kier molecular flexibility index (Phi) is 6.26. The van der Waals surface area contributed by atoms with Gasteiger partial charge in [-0.2, -0.15) is 0 Å². The molecule has 2 rings (SSSR count). The Balaban J connectivity index is 1.85. The van der Waals surface area contributed by atoms with Gasteiger partial charge < -0.3 is 25.1 Å². The monoisotopic (exact) mass is 331 g/mol. The second kappa shape index (κ2) is 8.40. The van der Waals surface area contributed by atoms with E-state index in [0.717, 1.165) is 12.2 Å². The lowest BCUT2D eigenvalue weighted by Gasteiger charge is -2.27. The number of furan rings is 1. The molecule has 1 atom stereocenters. The summed E-state index contributed by atoms with van der Waals surface area (Å²) in [6.45, 7) is 7.41. The first-order chi connectivity index (χ1) is 11.5. The molecule has 0 bridgehead atoms. The van der Waals surface area contributed by atoms with Gasteiger partial charge in [0.2, 0.25) is 0 Å². The smallest absolute Gasteiger partial charge is 0.319 e. The molecule has 1 heterocycles. The van der Waals surface area contributed by atoms with Crippen molar-refractivity contribution in [2.45, 2.75) is 32.9 Å². The molecule has 0 radical (unpaired) electrons. The van der Waals surface area contributed by atoms with E-state index in [1.165, 1.54) is 6.26 Å². The molecule has 1 unspecified atom stereocenters. The SMILES string of the molecule is CCN(c1ccc(NC(=O)NCC(O)c2ccco2)cc1)C(C)C. The Morgan fingerprint density at radius 1 is 1.25 bits per heavy atom. The van der Waals surface area contributed by atoms with Crippen LogP contribution in [0.15, 0.2) is 47.1 Å². The third kappa shape index (κ3) is 4.76. The van der Waals surface area contributed by atoms with Crippen molar-refractivity contribution < 1.29 is 14.3 Å². The van der Waals surface area contributed by atoms with Crippen molar-refractivity contribution in [3.05, 3.63) is 48.4 Å². The fraction of sp³-hybridized carbons (Fsp3) is 0.389. The van der Waals surface area contributed by atoms with Gasteiger partial charge in [-0.3, -0.25) is 0 Å². The van der Waals surface area contributed by atoms with Crippen molar-refractivity contribution in [2.75, 3.05) is 23.3 Å². The summed E-state index contributed by atoms with van der Waals surface area (Å²) in [7, 11) is 0. The zero-order valence-corrected chi connectivity index (χ0v) is 14.3. The average molecular weight is 331 g/mol. The Morgan fingerprint density at radius 2 is 1.96 bits per heavy atom. The van der Waals surface area contributed by atoms with Crippen molar-refractivity contribution in [2.24, 2.45) is 0 Å². The summed E-state index contributed by atoms with van der Waals surface area (Å²) >= 11 is 0.